The summed E-state index contributed by atoms with van der Waals surface area (Å²) >= 11 is 0. The number of amides is 1. The van der Waals surface area contributed by atoms with E-state index < -0.39 is 0 Å². The first-order valence-corrected chi connectivity index (χ1v) is 9.73. The third-order valence-corrected chi connectivity index (χ3v) is 4.93. The largest absolute Gasteiger partial charge is 0.492 e. The highest BCUT2D eigenvalue weighted by Crippen LogP contribution is 2.23. The third-order valence-electron chi connectivity index (χ3n) is 4.93. The molecule has 2 aromatic rings. The summed E-state index contributed by atoms with van der Waals surface area (Å²) in [6.45, 7) is 2.85. The Bertz CT molecular complexity index is 813. The average molecular weight is 365 g/mol. The fourth-order valence-corrected chi connectivity index (χ4v) is 3.43. The number of ketones is 1. The molecule has 0 unspecified atom stereocenters. The van der Waals surface area contributed by atoms with Crippen LogP contribution in [0.3, 0.4) is 0 Å². The highest BCUT2D eigenvalue weighted by molar-refractivity contribution is 5.98. The fourth-order valence-electron chi connectivity index (χ4n) is 3.43. The van der Waals surface area contributed by atoms with Crippen LogP contribution in [-0.2, 0) is 17.6 Å². The van der Waals surface area contributed by atoms with E-state index in [1.807, 2.05) is 43.3 Å². The number of fused-ring (bicyclic) bond motifs is 1. The summed E-state index contributed by atoms with van der Waals surface area (Å²) in [6.07, 6.45) is 5.03. The van der Waals surface area contributed by atoms with Gasteiger partial charge in [0.15, 0.2) is 5.78 Å². The zero-order valence-electron chi connectivity index (χ0n) is 15.9. The molecule has 0 saturated carbocycles. The van der Waals surface area contributed by atoms with Crippen molar-refractivity contribution in [2.75, 3.05) is 13.2 Å². The van der Waals surface area contributed by atoms with Gasteiger partial charge in [-0.3, -0.25) is 9.59 Å². The van der Waals surface area contributed by atoms with Crippen molar-refractivity contribution < 1.29 is 14.3 Å². The molecule has 1 amide bonds. The molecule has 4 nitrogen and oxygen atoms in total. The van der Waals surface area contributed by atoms with E-state index in [4.69, 9.17) is 4.74 Å². The van der Waals surface area contributed by atoms with Gasteiger partial charge in [-0.15, -0.1) is 0 Å². The molecule has 0 heterocycles. The van der Waals surface area contributed by atoms with Gasteiger partial charge < -0.3 is 10.1 Å². The molecular weight excluding hydrogens is 338 g/mol. The number of aryl methyl sites for hydroxylation is 3. The maximum absolute atomic E-state index is 12.4. The molecule has 0 spiro atoms. The molecule has 1 N–H and O–H groups in total. The molecule has 142 valence electrons. The smallest absolute Gasteiger partial charge is 0.220 e. The summed E-state index contributed by atoms with van der Waals surface area (Å²) in [5.74, 6) is 0.718. The lowest BCUT2D eigenvalue weighted by Crippen LogP contribution is -2.28. The Morgan fingerprint density at radius 2 is 1.81 bits per heavy atom. The average Bonchev–Trinajstić information content (AvgIpc) is 2.69. The molecule has 0 radical (unpaired) electrons. The zero-order valence-corrected chi connectivity index (χ0v) is 15.9. The van der Waals surface area contributed by atoms with E-state index in [-0.39, 0.29) is 24.5 Å². The van der Waals surface area contributed by atoms with Crippen molar-refractivity contribution in [3.05, 3.63) is 64.7 Å². The predicted octanol–water partition coefficient (Wildman–Crippen LogP) is 4.03. The van der Waals surface area contributed by atoms with E-state index in [0.717, 1.165) is 29.7 Å². The summed E-state index contributed by atoms with van der Waals surface area (Å²) in [5, 5.41) is 2.81. The van der Waals surface area contributed by atoms with Crippen molar-refractivity contribution in [1.82, 2.24) is 5.32 Å². The lowest BCUT2D eigenvalue weighted by atomic mass is 9.89. The Morgan fingerprint density at radius 3 is 2.63 bits per heavy atom. The molecule has 0 fully saturated rings. The van der Waals surface area contributed by atoms with E-state index in [2.05, 4.69) is 11.4 Å². The minimum atomic E-state index is -0.117. The van der Waals surface area contributed by atoms with Crippen molar-refractivity contribution in [1.29, 1.82) is 0 Å². The number of ether oxygens (including phenoxy) is 1. The maximum atomic E-state index is 12.4. The van der Waals surface area contributed by atoms with Gasteiger partial charge in [-0.05, 0) is 67.5 Å². The second-order valence-electron chi connectivity index (χ2n) is 7.13. The lowest BCUT2D eigenvalue weighted by molar-refractivity contribution is -0.121. The number of carbonyl (C=O) groups is 2. The Kier molecular flexibility index (Phi) is 6.64. The second-order valence-corrected chi connectivity index (χ2v) is 7.13. The van der Waals surface area contributed by atoms with Gasteiger partial charge in [0.05, 0.1) is 6.54 Å². The van der Waals surface area contributed by atoms with Crippen LogP contribution in [0.1, 0.15) is 52.7 Å². The topological polar surface area (TPSA) is 55.4 Å². The Balaban J connectivity index is 1.38. The fraction of sp³-hybridized carbons (Fsp3) is 0.391. The van der Waals surface area contributed by atoms with E-state index in [0.29, 0.717) is 13.2 Å². The number of benzene rings is 2. The molecular formula is C23H27NO3. The normalized spacial score (nSPS) is 12.9. The summed E-state index contributed by atoms with van der Waals surface area (Å²) < 4.78 is 5.60. The van der Waals surface area contributed by atoms with E-state index in [1.54, 1.807) is 0 Å². The second kappa shape index (κ2) is 9.36. The predicted molar refractivity (Wildman–Crippen MR) is 106 cm³/mol. The molecule has 0 bridgehead atoms. The van der Waals surface area contributed by atoms with Crippen molar-refractivity contribution in [3.63, 3.8) is 0 Å². The summed E-state index contributed by atoms with van der Waals surface area (Å²) in [7, 11) is 0. The first kappa shape index (κ1) is 19.2. The van der Waals surface area contributed by atoms with Gasteiger partial charge in [0.1, 0.15) is 12.4 Å². The molecule has 2 aromatic carbocycles. The molecule has 0 aromatic heterocycles. The highest BCUT2D eigenvalue weighted by Gasteiger charge is 2.14. The number of rotatable bonds is 8. The van der Waals surface area contributed by atoms with Crippen LogP contribution in [-0.4, -0.2) is 24.8 Å². The van der Waals surface area contributed by atoms with Crippen LogP contribution >= 0.6 is 0 Å². The van der Waals surface area contributed by atoms with Crippen LogP contribution in [0.15, 0.2) is 42.5 Å². The molecule has 1 aliphatic rings. The highest BCUT2D eigenvalue weighted by atomic mass is 16.5. The quantitative estimate of drug-likeness (QED) is 0.568. The summed E-state index contributed by atoms with van der Waals surface area (Å²) in [5.41, 5.74) is 4.53. The molecule has 0 atom stereocenters. The molecule has 0 aliphatic heterocycles. The van der Waals surface area contributed by atoms with Crippen molar-refractivity contribution in [2.24, 2.45) is 0 Å². The standard InChI is InChI=1S/C23H27NO3/c1-17-5-4-8-21(15-17)27-14-13-24-23(26)12-11-22(25)20-10-9-18-6-2-3-7-19(18)16-20/h4-5,8-10,15-16H,2-3,6-7,11-14H2,1H3,(H,24,26). The Labute approximate surface area is 160 Å². The molecule has 0 saturated heterocycles. The number of carbonyl (C=O) groups excluding carboxylic acids is 2. The summed E-state index contributed by atoms with van der Waals surface area (Å²) in [4.78, 5) is 24.3. The first-order chi connectivity index (χ1) is 13.1. The third kappa shape index (κ3) is 5.68. The molecule has 4 heteroatoms. The van der Waals surface area contributed by atoms with Gasteiger partial charge in [0.25, 0.3) is 0 Å². The van der Waals surface area contributed by atoms with E-state index >= 15 is 0 Å². The van der Waals surface area contributed by atoms with Crippen LogP contribution in [0, 0.1) is 6.92 Å². The molecule has 1 aliphatic carbocycles. The van der Waals surface area contributed by atoms with Crippen molar-refractivity contribution in [3.8, 4) is 5.75 Å². The Morgan fingerprint density at radius 1 is 1.00 bits per heavy atom. The maximum Gasteiger partial charge on any atom is 0.220 e. The van der Waals surface area contributed by atoms with E-state index in [9.17, 15) is 9.59 Å². The number of hydrogen-bond donors (Lipinski definition) is 1. The van der Waals surface area contributed by atoms with Crippen LogP contribution in [0.5, 0.6) is 5.75 Å². The monoisotopic (exact) mass is 365 g/mol. The van der Waals surface area contributed by atoms with Gasteiger partial charge in [0.2, 0.25) is 5.91 Å². The van der Waals surface area contributed by atoms with Gasteiger partial charge in [-0.25, -0.2) is 0 Å². The van der Waals surface area contributed by atoms with Gasteiger partial charge >= 0.3 is 0 Å². The lowest BCUT2D eigenvalue weighted by Gasteiger charge is -2.16. The van der Waals surface area contributed by atoms with Gasteiger partial charge in [-0.2, -0.15) is 0 Å². The van der Waals surface area contributed by atoms with E-state index in [1.165, 1.54) is 24.0 Å². The van der Waals surface area contributed by atoms with Crippen molar-refractivity contribution >= 4 is 11.7 Å². The number of nitrogens with one attached hydrogen (secondary N) is 1. The SMILES string of the molecule is Cc1cccc(OCCNC(=O)CCC(=O)c2ccc3c(c2)CCCC3)c1. The number of Topliss-reactive ketones (excluding diaryl/α,β-unsaturated/α-hetero) is 1. The van der Waals surface area contributed by atoms with Crippen molar-refractivity contribution in [2.45, 2.75) is 45.4 Å². The first-order valence-electron chi connectivity index (χ1n) is 9.73. The minimum Gasteiger partial charge on any atom is -0.492 e. The number of hydrogen-bond acceptors (Lipinski definition) is 3. The van der Waals surface area contributed by atoms with Gasteiger partial charge in [0, 0.05) is 18.4 Å². The van der Waals surface area contributed by atoms with Crippen LogP contribution in [0.2, 0.25) is 0 Å². The van der Waals surface area contributed by atoms with Gasteiger partial charge in [-0.1, -0.05) is 24.3 Å². The van der Waals surface area contributed by atoms with Crippen LogP contribution in [0.4, 0.5) is 0 Å². The molecule has 3 rings (SSSR count). The zero-order chi connectivity index (χ0) is 19.1. The van der Waals surface area contributed by atoms with Crippen LogP contribution < -0.4 is 10.1 Å². The minimum absolute atomic E-state index is 0.0366. The molecule has 27 heavy (non-hydrogen) atoms. The Hall–Kier alpha value is -2.62. The van der Waals surface area contributed by atoms with Crippen LogP contribution in [0.25, 0.3) is 0 Å². The summed E-state index contributed by atoms with van der Waals surface area (Å²) in [6, 6.07) is 13.8.